The summed E-state index contributed by atoms with van der Waals surface area (Å²) in [5, 5.41) is 1.17. The van der Waals surface area contributed by atoms with Crippen LogP contribution in [0.4, 0.5) is 0 Å². The van der Waals surface area contributed by atoms with E-state index >= 15 is 0 Å². The maximum Gasteiger partial charge on any atom is 0.222 e. The Morgan fingerprint density at radius 3 is 2.62 bits per heavy atom. The maximum absolute atomic E-state index is 12.4. The number of carbonyl (C=O) groups excluding carboxylic acids is 1. The van der Waals surface area contributed by atoms with E-state index in [4.69, 9.17) is 4.74 Å². The van der Waals surface area contributed by atoms with Gasteiger partial charge in [0.05, 0.1) is 7.11 Å². The first-order valence-electron chi connectivity index (χ1n) is 8.09. The minimum atomic E-state index is 0.149. The molecule has 0 bridgehead atoms. The number of aromatic nitrogens is 1. The molecule has 1 amide bonds. The number of rotatable bonds is 6. The monoisotopic (exact) mass is 322 g/mol. The van der Waals surface area contributed by atoms with Gasteiger partial charge in [-0.05, 0) is 35.7 Å². The fourth-order valence-corrected chi connectivity index (χ4v) is 2.84. The Morgan fingerprint density at radius 1 is 1.12 bits per heavy atom. The van der Waals surface area contributed by atoms with Crippen LogP contribution in [-0.2, 0) is 17.8 Å². The summed E-state index contributed by atoms with van der Waals surface area (Å²) in [5.41, 5.74) is 3.39. The van der Waals surface area contributed by atoms with Crippen LogP contribution in [0.15, 0.2) is 54.7 Å². The van der Waals surface area contributed by atoms with Crippen LogP contribution in [0.3, 0.4) is 0 Å². The number of ether oxygens (including phenoxy) is 1. The molecule has 3 rings (SSSR count). The van der Waals surface area contributed by atoms with Gasteiger partial charge in [-0.1, -0.05) is 30.3 Å². The van der Waals surface area contributed by atoms with Crippen molar-refractivity contribution in [3.8, 4) is 5.75 Å². The fraction of sp³-hybridized carbons (Fsp3) is 0.250. The van der Waals surface area contributed by atoms with Crippen molar-refractivity contribution >= 4 is 16.8 Å². The standard InChI is InChI=1S/C20H22N2O2/c1-22(14-16-13-21-19-6-4-3-5-18(16)19)20(23)12-9-15-7-10-17(24-2)11-8-15/h3-8,10-11,13,21H,9,12,14H2,1-2H3. The zero-order valence-electron chi connectivity index (χ0n) is 14.1. The lowest BCUT2D eigenvalue weighted by molar-refractivity contribution is -0.130. The number of amides is 1. The smallest absolute Gasteiger partial charge is 0.222 e. The second kappa shape index (κ2) is 7.21. The predicted octanol–water partition coefficient (Wildman–Crippen LogP) is 3.77. The molecule has 1 N–H and O–H groups in total. The van der Waals surface area contributed by atoms with Gasteiger partial charge in [0.25, 0.3) is 0 Å². The first kappa shape index (κ1) is 16.1. The molecule has 0 aliphatic heterocycles. The molecule has 0 atom stereocenters. The van der Waals surface area contributed by atoms with Gasteiger partial charge in [0.2, 0.25) is 5.91 Å². The number of aromatic amines is 1. The van der Waals surface area contributed by atoms with E-state index in [9.17, 15) is 4.79 Å². The molecule has 0 radical (unpaired) electrons. The lowest BCUT2D eigenvalue weighted by Gasteiger charge is -2.17. The Kier molecular flexibility index (Phi) is 4.85. The van der Waals surface area contributed by atoms with Crippen molar-refractivity contribution in [3.05, 3.63) is 65.9 Å². The average Bonchev–Trinajstić information content (AvgIpc) is 3.03. The number of methoxy groups -OCH3 is 1. The molecular weight excluding hydrogens is 300 g/mol. The van der Waals surface area contributed by atoms with Crippen LogP contribution in [0.5, 0.6) is 5.75 Å². The van der Waals surface area contributed by atoms with Gasteiger partial charge in [-0.25, -0.2) is 0 Å². The highest BCUT2D eigenvalue weighted by Crippen LogP contribution is 2.19. The van der Waals surface area contributed by atoms with Crippen molar-refractivity contribution in [2.75, 3.05) is 14.2 Å². The summed E-state index contributed by atoms with van der Waals surface area (Å²) in [5.74, 6) is 0.984. The zero-order chi connectivity index (χ0) is 16.9. The van der Waals surface area contributed by atoms with Crippen molar-refractivity contribution < 1.29 is 9.53 Å². The molecule has 0 saturated carbocycles. The van der Waals surface area contributed by atoms with Gasteiger partial charge in [0.15, 0.2) is 0 Å². The van der Waals surface area contributed by atoms with Crippen LogP contribution < -0.4 is 4.74 Å². The molecule has 24 heavy (non-hydrogen) atoms. The highest BCUT2D eigenvalue weighted by Gasteiger charge is 2.12. The van der Waals surface area contributed by atoms with Crippen molar-refractivity contribution in [2.24, 2.45) is 0 Å². The molecule has 1 aromatic heterocycles. The molecule has 0 fully saturated rings. The van der Waals surface area contributed by atoms with Gasteiger partial charge in [0, 0.05) is 37.1 Å². The summed E-state index contributed by atoms with van der Waals surface area (Å²) < 4.78 is 5.15. The second-order valence-electron chi connectivity index (χ2n) is 5.96. The number of nitrogens with one attached hydrogen (secondary N) is 1. The molecule has 0 aliphatic carbocycles. The maximum atomic E-state index is 12.4. The Hall–Kier alpha value is -2.75. The quantitative estimate of drug-likeness (QED) is 0.751. The van der Waals surface area contributed by atoms with E-state index in [0.717, 1.165) is 28.8 Å². The first-order valence-corrected chi connectivity index (χ1v) is 8.09. The Bertz CT molecular complexity index is 821. The van der Waals surface area contributed by atoms with E-state index in [-0.39, 0.29) is 5.91 Å². The third kappa shape index (κ3) is 3.59. The molecule has 2 aromatic carbocycles. The van der Waals surface area contributed by atoms with Crippen molar-refractivity contribution in [1.82, 2.24) is 9.88 Å². The Balaban J connectivity index is 1.58. The third-order valence-corrected chi connectivity index (χ3v) is 4.29. The van der Waals surface area contributed by atoms with E-state index in [1.54, 1.807) is 12.0 Å². The normalized spacial score (nSPS) is 10.8. The van der Waals surface area contributed by atoms with Gasteiger partial charge in [-0.3, -0.25) is 4.79 Å². The number of H-pyrrole nitrogens is 1. The van der Waals surface area contributed by atoms with Crippen molar-refractivity contribution in [3.63, 3.8) is 0 Å². The molecule has 0 spiro atoms. The number of fused-ring (bicyclic) bond motifs is 1. The highest BCUT2D eigenvalue weighted by atomic mass is 16.5. The lowest BCUT2D eigenvalue weighted by Crippen LogP contribution is -2.26. The summed E-state index contributed by atoms with van der Waals surface area (Å²) in [6.07, 6.45) is 3.23. The minimum Gasteiger partial charge on any atom is -0.497 e. The average molecular weight is 322 g/mol. The van der Waals surface area contributed by atoms with Gasteiger partial charge >= 0.3 is 0 Å². The van der Waals surface area contributed by atoms with E-state index in [1.165, 1.54) is 5.39 Å². The van der Waals surface area contributed by atoms with Gasteiger partial charge < -0.3 is 14.6 Å². The highest BCUT2D eigenvalue weighted by molar-refractivity contribution is 5.84. The summed E-state index contributed by atoms with van der Waals surface area (Å²) in [7, 11) is 3.51. The van der Waals surface area contributed by atoms with E-state index in [0.29, 0.717) is 13.0 Å². The SMILES string of the molecule is COc1ccc(CCC(=O)N(C)Cc2c[nH]c3ccccc23)cc1. The fourth-order valence-electron chi connectivity index (χ4n) is 2.84. The van der Waals surface area contributed by atoms with Crippen LogP contribution in [0.2, 0.25) is 0 Å². The van der Waals surface area contributed by atoms with E-state index in [1.807, 2.05) is 55.7 Å². The largest absolute Gasteiger partial charge is 0.497 e. The number of hydrogen-bond donors (Lipinski definition) is 1. The summed E-state index contributed by atoms with van der Waals surface area (Å²) in [6, 6.07) is 16.0. The number of aryl methyl sites for hydroxylation is 1. The Labute approximate surface area is 142 Å². The summed E-state index contributed by atoms with van der Waals surface area (Å²) in [6.45, 7) is 0.617. The molecule has 3 aromatic rings. The first-order chi connectivity index (χ1) is 11.7. The number of benzene rings is 2. The van der Waals surface area contributed by atoms with Crippen LogP contribution in [0.25, 0.3) is 10.9 Å². The van der Waals surface area contributed by atoms with Gasteiger partial charge in [-0.15, -0.1) is 0 Å². The number of hydrogen-bond acceptors (Lipinski definition) is 2. The number of carbonyl (C=O) groups is 1. The van der Waals surface area contributed by atoms with Crippen LogP contribution >= 0.6 is 0 Å². The van der Waals surface area contributed by atoms with Gasteiger partial charge in [-0.2, -0.15) is 0 Å². The van der Waals surface area contributed by atoms with E-state index < -0.39 is 0 Å². The van der Waals surface area contributed by atoms with Crippen molar-refractivity contribution in [1.29, 1.82) is 0 Å². The van der Waals surface area contributed by atoms with Gasteiger partial charge in [0.1, 0.15) is 5.75 Å². The van der Waals surface area contributed by atoms with Crippen LogP contribution in [0, 0.1) is 0 Å². The van der Waals surface area contributed by atoms with Crippen LogP contribution in [-0.4, -0.2) is 29.9 Å². The zero-order valence-corrected chi connectivity index (χ0v) is 14.1. The molecule has 0 unspecified atom stereocenters. The predicted molar refractivity (Wildman–Crippen MR) is 96.1 cm³/mol. The lowest BCUT2D eigenvalue weighted by atomic mass is 10.1. The Morgan fingerprint density at radius 2 is 1.88 bits per heavy atom. The molecule has 0 saturated heterocycles. The third-order valence-electron chi connectivity index (χ3n) is 4.29. The van der Waals surface area contributed by atoms with E-state index in [2.05, 4.69) is 11.1 Å². The van der Waals surface area contributed by atoms with Crippen molar-refractivity contribution in [2.45, 2.75) is 19.4 Å². The summed E-state index contributed by atoms with van der Waals surface area (Å²) >= 11 is 0. The minimum absolute atomic E-state index is 0.149. The molecule has 4 heteroatoms. The number of para-hydroxylation sites is 1. The molecule has 4 nitrogen and oxygen atoms in total. The summed E-state index contributed by atoms with van der Waals surface area (Å²) in [4.78, 5) is 17.4. The molecule has 1 heterocycles. The number of nitrogens with zero attached hydrogens (tertiary/aromatic N) is 1. The topological polar surface area (TPSA) is 45.3 Å². The second-order valence-corrected chi connectivity index (χ2v) is 5.96. The molecule has 0 aliphatic rings. The van der Waals surface area contributed by atoms with Crippen LogP contribution in [0.1, 0.15) is 17.5 Å². The molecule has 124 valence electrons. The molecular formula is C20H22N2O2.